The van der Waals surface area contributed by atoms with Gasteiger partial charge in [0.05, 0.1) is 0 Å². The summed E-state index contributed by atoms with van der Waals surface area (Å²) in [5, 5.41) is 0.873. The van der Waals surface area contributed by atoms with Gasteiger partial charge in [0.1, 0.15) is 0 Å². The SMILES string of the molecule is CC(CN)C1=Cc2cccc(Cl)c2C1. The van der Waals surface area contributed by atoms with Crippen LogP contribution in [0.25, 0.3) is 6.08 Å². The molecule has 1 atom stereocenters. The van der Waals surface area contributed by atoms with Crippen molar-refractivity contribution in [3.05, 3.63) is 39.9 Å². The van der Waals surface area contributed by atoms with E-state index in [2.05, 4.69) is 19.1 Å². The van der Waals surface area contributed by atoms with Crippen molar-refractivity contribution < 1.29 is 0 Å². The second kappa shape index (κ2) is 3.76. The Labute approximate surface area is 89.6 Å². The van der Waals surface area contributed by atoms with Crippen LogP contribution in [-0.2, 0) is 6.42 Å². The zero-order chi connectivity index (χ0) is 10.1. The summed E-state index contributed by atoms with van der Waals surface area (Å²) in [6.45, 7) is 2.86. The van der Waals surface area contributed by atoms with Crippen LogP contribution in [0.1, 0.15) is 18.1 Å². The molecule has 0 aliphatic heterocycles. The fourth-order valence-electron chi connectivity index (χ4n) is 1.82. The van der Waals surface area contributed by atoms with Crippen LogP contribution in [0.5, 0.6) is 0 Å². The van der Waals surface area contributed by atoms with Crippen LogP contribution < -0.4 is 5.73 Å². The lowest BCUT2D eigenvalue weighted by Gasteiger charge is -2.09. The van der Waals surface area contributed by atoms with Crippen molar-refractivity contribution >= 4 is 17.7 Å². The highest BCUT2D eigenvalue weighted by molar-refractivity contribution is 6.31. The number of nitrogens with two attached hydrogens (primary N) is 1. The van der Waals surface area contributed by atoms with E-state index in [1.807, 2.05) is 12.1 Å². The van der Waals surface area contributed by atoms with Gasteiger partial charge in [-0.25, -0.2) is 0 Å². The van der Waals surface area contributed by atoms with Gasteiger partial charge in [0, 0.05) is 5.02 Å². The average Bonchev–Trinajstić information content (AvgIpc) is 2.62. The van der Waals surface area contributed by atoms with E-state index in [-0.39, 0.29) is 0 Å². The summed E-state index contributed by atoms with van der Waals surface area (Å²) >= 11 is 6.12. The van der Waals surface area contributed by atoms with E-state index in [0.717, 1.165) is 11.4 Å². The van der Waals surface area contributed by atoms with E-state index in [9.17, 15) is 0 Å². The van der Waals surface area contributed by atoms with E-state index in [4.69, 9.17) is 17.3 Å². The van der Waals surface area contributed by atoms with Crippen molar-refractivity contribution in [3.8, 4) is 0 Å². The maximum absolute atomic E-state index is 6.12. The molecule has 2 heteroatoms. The summed E-state index contributed by atoms with van der Waals surface area (Å²) in [6.07, 6.45) is 3.19. The first-order valence-electron chi connectivity index (χ1n) is 4.90. The third kappa shape index (κ3) is 1.58. The lowest BCUT2D eigenvalue weighted by molar-refractivity contribution is 0.684. The van der Waals surface area contributed by atoms with Gasteiger partial charge in [0.15, 0.2) is 0 Å². The molecular formula is C12H14ClN. The predicted molar refractivity (Wildman–Crippen MR) is 61.4 cm³/mol. The van der Waals surface area contributed by atoms with E-state index in [0.29, 0.717) is 12.5 Å². The van der Waals surface area contributed by atoms with Gasteiger partial charge in [0.2, 0.25) is 0 Å². The van der Waals surface area contributed by atoms with E-state index < -0.39 is 0 Å². The van der Waals surface area contributed by atoms with Gasteiger partial charge in [-0.3, -0.25) is 0 Å². The molecule has 0 aromatic heterocycles. The largest absolute Gasteiger partial charge is 0.330 e. The summed E-state index contributed by atoms with van der Waals surface area (Å²) in [6, 6.07) is 6.05. The van der Waals surface area contributed by atoms with Crippen LogP contribution in [0, 0.1) is 5.92 Å². The van der Waals surface area contributed by atoms with Gasteiger partial charge < -0.3 is 5.73 Å². The number of hydrogen-bond acceptors (Lipinski definition) is 1. The minimum atomic E-state index is 0.457. The molecule has 0 saturated carbocycles. The van der Waals surface area contributed by atoms with E-state index in [1.165, 1.54) is 16.7 Å². The van der Waals surface area contributed by atoms with Crippen LogP contribution >= 0.6 is 11.6 Å². The third-order valence-corrected chi connectivity index (χ3v) is 3.22. The van der Waals surface area contributed by atoms with Crippen LogP contribution in [-0.4, -0.2) is 6.54 Å². The molecular weight excluding hydrogens is 194 g/mol. The zero-order valence-electron chi connectivity index (χ0n) is 8.26. The van der Waals surface area contributed by atoms with Gasteiger partial charge in [-0.15, -0.1) is 0 Å². The van der Waals surface area contributed by atoms with Crippen LogP contribution in [0.4, 0.5) is 0 Å². The lowest BCUT2D eigenvalue weighted by atomic mass is 9.99. The molecule has 0 bridgehead atoms. The molecule has 0 heterocycles. The summed E-state index contributed by atoms with van der Waals surface area (Å²) < 4.78 is 0. The van der Waals surface area contributed by atoms with Gasteiger partial charge in [-0.2, -0.15) is 0 Å². The first-order chi connectivity index (χ1) is 6.72. The van der Waals surface area contributed by atoms with Crippen molar-refractivity contribution in [3.63, 3.8) is 0 Å². The molecule has 0 saturated heterocycles. The molecule has 74 valence electrons. The molecule has 1 aromatic carbocycles. The molecule has 2 rings (SSSR count). The normalized spacial score (nSPS) is 16.4. The molecule has 1 aliphatic rings. The van der Waals surface area contributed by atoms with Gasteiger partial charge in [0.25, 0.3) is 0 Å². The van der Waals surface area contributed by atoms with Gasteiger partial charge in [-0.05, 0) is 36.1 Å². The molecule has 14 heavy (non-hydrogen) atoms. The Kier molecular flexibility index (Phi) is 2.62. The van der Waals surface area contributed by atoms with E-state index >= 15 is 0 Å². The highest BCUT2D eigenvalue weighted by atomic mass is 35.5. The highest BCUT2D eigenvalue weighted by Crippen LogP contribution is 2.33. The standard InChI is InChI=1S/C12H14ClN/c1-8(7-14)10-5-9-3-2-4-12(13)11(9)6-10/h2-5,8H,6-7,14H2,1H3. The molecule has 1 aliphatic carbocycles. The summed E-state index contributed by atoms with van der Waals surface area (Å²) in [4.78, 5) is 0. The minimum absolute atomic E-state index is 0.457. The Morgan fingerprint density at radius 1 is 1.50 bits per heavy atom. The zero-order valence-corrected chi connectivity index (χ0v) is 9.01. The third-order valence-electron chi connectivity index (χ3n) is 2.86. The Balaban J connectivity index is 2.32. The summed E-state index contributed by atoms with van der Waals surface area (Å²) in [7, 11) is 0. The number of benzene rings is 1. The molecule has 1 unspecified atom stereocenters. The molecule has 0 radical (unpaired) electrons. The van der Waals surface area contributed by atoms with Crippen LogP contribution in [0.15, 0.2) is 23.8 Å². The Hall–Kier alpha value is -0.790. The molecule has 0 spiro atoms. The number of halogens is 1. The Morgan fingerprint density at radius 2 is 2.29 bits per heavy atom. The fourth-order valence-corrected chi connectivity index (χ4v) is 2.07. The molecule has 0 amide bonds. The summed E-state index contributed by atoms with van der Waals surface area (Å²) in [5.74, 6) is 0.457. The number of hydrogen-bond donors (Lipinski definition) is 1. The highest BCUT2D eigenvalue weighted by Gasteiger charge is 2.18. The Morgan fingerprint density at radius 3 is 2.93 bits per heavy atom. The van der Waals surface area contributed by atoms with Gasteiger partial charge in [-0.1, -0.05) is 42.3 Å². The second-order valence-electron chi connectivity index (χ2n) is 3.84. The minimum Gasteiger partial charge on any atom is -0.330 e. The lowest BCUT2D eigenvalue weighted by Crippen LogP contribution is -2.12. The fraction of sp³-hybridized carbons (Fsp3) is 0.333. The van der Waals surface area contributed by atoms with Gasteiger partial charge >= 0.3 is 0 Å². The molecule has 2 N–H and O–H groups in total. The smallest absolute Gasteiger partial charge is 0.0447 e. The quantitative estimate of drug-likeness (QED) is 0.793. The van der Waals surface area contributed by atoms with Crippen LogP contribution in [0.3, 0.4) is 0 Å². The monoisotopic (exact) mass is 207 g/mol. The predicted octanol–water partition coefficient (Wildman–Crippen LogP) is 2.87. The topological polar surface area (TPSA) is 26.0 Å². The van der Waals surface area contributed by atoms with Crippen LogP contribution in [0.2, 0.25) is 5.02 Å². The average molecular weight is 208 g/mol. The van der Waals surface area contributed by atoms with Crippen molar-refractivity contribution in [2.24, 2.45) is 11.7 Å². The first kappa shape index (κ1) is 9.75. The van der Waals surface area contributed by atoms with Crippen molar-refractivity contribution in [2.45, 2.75) is 13.3 Å². The Bertz CT molecular complexity index is 382. The first-order valence-corrected chi connectivity index (χ1v) is 5.28. The van der Waals surface area contributed by atoms with Crippen molar-refractivity contribution in [1.29, 1.82) is 0 Å². The maximum atomic E-state index is 6.12. The number of fused-ring (bicyclic) bond motifs is 1. The summed E-state index contributed by atoms with van der Waals surface area (Å²) in [5.41, 5.74) is 9.56. The maximum Gasteiger partial charge on any atom is 0.0447 e. The molecule has 1 aromatic rings. The van der Waals surface area contributed by atoms with Crippen molar-refractivity contribution in [1.82, 2.24) is 0 Å². The number of rotatable bonds is 2. The van der Waals surface area contributed by atoms with E-state index in [1.54, 1.807) is 0 Å². The molecule has 0 fully saturated rings. The van der Waals surface area contributed by atoms with Crippen molar-refractivity contribution in [2.75, 3.05) is 6.54 Å². The molecule has 1 nitrogen and oxygen atoms in total. The second-order valence-corrected chi connectivity index (χ2v) is 4.25.